The predicted octanol–water partition coefficient (Wildman–Crippen LogP) is 6.99. The third kappa shape index (κ3) is 4.31. The normalized spacial score (nSPS) is 21.7. The fourth-order valence-electron chi connectivity index (χ4n) is 3.45. The van der Waals surface area contributed by atoms with Crippen LogP contribution in [0, 0.1) is 5.41 Å². The quantitative estimate of drug-likeness (QED) is 0.513. The molecule has 1 unspecified atom stereocenters. The largest absolute Gasteiger partial charge is 0.248 e. The van der Waals surface area contributed by atoms with Crippen LogP contribution >= 0.6 is 0 Å². The zero-order chi connectivity index (χ0) is 17.1. The Morgan fingerprint density at radius 1 is 1.26 bits per heavy atom. The molecule has 1 fully saturated rings. The second kappa shape index (κ2) is 6.98. The molecule has 0 N–H and O–H groups in total. The maximum absolute atomic E-state index is 13.5. The van der Waals surface area contributed by atoms with E-state index in [4.69, 9.17) is 0 Å². The minimum atomic E-state index is -2.47. The van der Waals surface area contributed by atoms with Crippen molar-refractivity contribution in [3.05, 3.63) is 54.1 Å². The number of hydrogen-bond acceptors (Lipinski definition) is 0. The molecule has 0 heterocycles. The lowest BCUT2D eigenvalue weighted by Crippen LogP contribution is -2.34. The summed E-state index contributed by atoms with van der Waals surface area (Å²) in [5, 5.41) is 0. The molecule has 0 spiro atoms. The SMILES string of the molecule is C=CC/C=C(\C)c1cccc(C(C)C2(C)CCC(F)(F)CC2)c1. The van der Waals surface area contributed by atoms with Gasteiger partial charge >= 0.3 is 0 Å². The van der Waals surface area contributed by atoms with Crippen molar-refractivity contribution in [2.24, 2.45) is 5.41 Å². The van der Waals surface area contributed by atoms with Crippen molar-refractivity contribution in [3.63, 3.8) is 0 Å². The van der Waals surface area contributed by atoms with Crippen molar-refractivity contribution < 1.29 is 8.78 Å². The smallest absolute Gasteiger partial charge is 0.207 e. The van der Waals surface area contributed by atoms with Crippen molar-refractivity contribution in [3.8, 4) is 0 Å². The summed E-state index contributed by atoms with van der Waals surface area (Å²) < 4.78 is 27.0. The van der Waals surface area contributed by atoms with E-state index in [0.717, 1.165) is 6.42 Å². The van der Waals surface area contributed by atoms with E-state index in [1.807, 2.05) is 6.08 Å². The fourth-order valence-corrected chi connectivity index (χ4v) is 3.45. The molecule has 0 aliphatic heterocycles. The van der Waals surface area contributed by atoms with E-state index in [9.17, 15) is 8.78 Å². The van der Waals surface area contributed by atoms with Gasteiger partial charge in [0.05, 0.1) is 0 Å². The number of alkyl halides is 2. The molecule has 1 saturated carbocycles. The van der Waals surface area contributed by atoms with E-state index in [1.165, 1.54) is 16.7 Å². The van der Waals surface area contributed by atoms with Gasteiger partial charge in [0, 0.05) is 12.8 Å². The minimum Gasteiger partial charge on any atom is -0.207 e. The second-order valence-electron chi connectivity index (χ2n) is 7.27. The first-order valence-corrected chi connectivity index (χ1v) is 8.53. The van der Waals surface area contributed by atoms with Crippen LogP contribution in [0.25, 0.3) is 5.57 Å². The van der Waals surface area contributed by atoms with Gasteiger partial charge in [-0.2, -0.15) is 0 Å². The predicted molar refractivity (Wildman–Crippen MR) is 94.8 cm³/mol. The van der Waals surface area contributed by atoms with Gasteiger partial charge in [-0.05, 0) is 54.2 Å². The topological polar surface area (TPSA) is 0 Å². The summed E-state index contributed by atoms with van der Waals surface area (Å²) in [6.45, 7) is 10.2. The summed E-state index contributed by atoms with van der Waals surface area (Å²) >= 11 is 0. The highest BCUT2D eigenvalue weighted by Gasteiger charge is 2.43. The standard InChI is InChI=1S/C21H28F2/c1-5-6-8-16(2)18-9-7-10-19(15-18)17(3)20(4)11-13-21(22,23)14-12-20/h5,7-10,15,17H,1,6,11-14H2,2-4H3/b16-8+. The average Bonchev–Trinajstić information content (AvgIpc) is 2.55. The van der Waals surface area contributed by atoms with E-state index >= 15 is 0 Å². The number of rotatable bonds is 5. The monoisotopic (exact) mass is 318 g/mol. The Morgan fingerprint density at radius 3 is 2.52 bits per heavy atom. The molecule has 1 atom stereocenters. The van der Waals surface area contributed by atoms with Crippen LogP contribution in [0.4, 0.5) is 8.78 Å². The number of hydrogen-bond donors (Lipinski definition) is 0. The molecule has 126 valence electrons. The third-order valence-corrected chi connectivity index (χ3v) is 5.60. The van der Waals surface area contributed by atoms with Crippen LogP contribution in [0.2, 0.25) is 0 Å². The lowest BCUT2D eigenvalue weighted by molar-refractivity contribution is -0.0678. The minimum absolute atomic E-state index is 0.0196. The molecule has 23 heavy (non-hydrogen) atoms. The maximum atomic E-state index is 13.5. The van der Waals surface area contributed by atoms with Gasteiger partial charge in [0.15, 0.2) is 0 Å². The molecule has 0 aromatic heterocycles. The van der Waals surface area contributed by atoms with Crippen LogP contribution in [0.3, 0.4) is 0 Å². The molecule has 0 amide bonds. The highest BCUT2D eigenvalue weighted by Crippen LogP contribution is 2.50. The highest BCUT2D eigenvalue weighted by molar-refractivity contribution is 5.64. The summed E-state index contributed by atoms with van der Waals surface area (Å²) in [7, 11) is 0. The maximum Gasteiger partial charge on any atom is 0.248 e. The van der Waals surface area contributed by atoms with Gasteiger partial charge in [0.1, 0.15) is 0 Å². The zero-order valence-corrected chi connectivity index (χ0v) is 14.5. The van der Waals surface area contributed by atoms with Gasteiger partial charge in [-0.15, -0.1) is 6.58 Å². The molecule has 2 heteroatoms. The van der Waals surface area contributed by atoms with E-state index in [-0.39, 0.29) is 24.2 Å². The Labute approximate surface area is 139 Å². The van der Waals surface area contributed by atoms with Gasteiger partial charge in [0.25, 0.3) is 0 Å². The van der Waals surface area contributed by atoms with Crippen molar-refractivity contribution in [1.29, 1.82) is 0 Å². The summed E-state index contributed by atoms with van der Waals surface area (Å²) in [6.07, 6.45) is 6.14. The molecule has 0 saturated heterocycles. The molecule has 1 aromatic rings. The first-order chi connectivity index (χ1) is 10.8. The van der Waals surface area contributed by atoms with Crippen molar-refractivity contribution in [2.45, 2.75) is 64.7 Å². The Kier molecular flexibility index (Phi) is 5.44. The molecular weight excluding hydrogens is 290 g/mol. The van der Waals surface area contributed by atoms with Gasteiger partial charge in [-0.1, -0.05) is 50.3 Å². The summed E-state index contributed by atoms with van der Waals surface area (Å²) in [5.41, 5.74) is 3.65. The molecule has 0 radical (unpaired) electrons. The average molecular weight is 318 g/mol. The highest BCUT2D eigenvalue weighted by atomic mass is 19.3. The van der Waals surface area contributed by atoms with Gasteiger partial charge in [-0.3, -0.25) is 0 Å². The van der Waals surface area contributed by atoms with E-state index in [2.05, 4.69) is 57.7 Å². The number of allylic oxidation sites excluding steroid dienone is 3. The lowest BCUT2D eigenvalue weighted by Gasteiger charge is -2.42. The molecule has 1 aliphatic rings. The van der Waals surface area contributed by atoms with Crippen LogP contribution < -0.4 is 0 Å². The molecule has 0 nitrogen and oxygen atoms in total. The summed E-state index contributed by atoms with van der Waals surface area (Å²) in [4.78, 5) is 0. The van der Waals surface area contributed by atoms with E-state index in [0.29, 0.717) is 12.8 Å². The van der Waals surface area contributed by atoms with E-state index < -0.39 is 5.92 Å². The fraction of sp³-hybridized carbons (Fsp3) is 0.524. The first kappa shape index (κ1) is 17.9. The van der Waals surface area contributed by atoms with Crippen molar-refractivity contribution in [2.75, 3.05) is 0 Å². The Morgan fingerprint density at radius 2 is 1.91 bits per heavy atom. The molecule has 1 aliphatic carbocycles. The van der Waals surface area contributed by atoms with Crippen LogP contribution in [0.15, 0.2) is 43.0 Å². The Hall–Kier alpha value is -1.44. The Balaban J connectivity index is 2.20. The number of benzene rings is 1. The van der Waals surface area contributed by atoms with Gasteiger partial charge in [0.2, 0.25) is 5.92 Å². The first-order valence-electron chi connectivity index (χ1n) is 8.53. The lowest BCUT2D eigenvalue weighted by atomic mass is 9.65. The van der Waals surface area contributed by atoms with Gasteiger partial charge < -0.3 is 0 Å². The zero-order valence-electron chi connectivity index (χ0n) is 14.5. The van der Waals surface area contributed by atoms with Gasteiger partial charge in [-0.25, -0.2) is 8.78 Å². The van der Waals surface area contributed by atoms with Crippen LogP contribution in [-0.4, -0.2) is 5.92 Å². The number of halogens is 2. The Bertz CT molecular complexity index is 573. The van der Waals surface area contributed by atoms with Crippen LogP contribution in [0.5, 0.6) is 0 Å². The third-order valence-electron chi connectivity index (χ3n) is 5.60. The molecular formula is C21H28F2. The molecule has 2 rings (SSSR count). The van der Waals surface area contributed by atoms with E-state index in [1.54, 1.807) is 0 Å². The molecule has 0 bridgehead atoms. The van der Waals surface area contributed by atoms with Crippen molar-refractivity contribution >= 4 is 5.57 Å². The summed E-state index contributed by atoms with van der Waals surface area (Å²) in [5.74, 6) is -2.18. The second-order valence-corrected chi connectivity index (χ2v) is 7.27. The molecule has 1 aromatic carbocycles. The summed E-state index contributed by atoms with van der Waals surface area (Å²) in [6, 6.07) is 8.54. The van der Waals surface area contributed by atoms with Crippen molar-refractivity contribution in [1.82, 2.24) is 0 Å². The van der Waals surface area contributed by atoms with Crippen LogP contribution in [0.1, 0.15) is 69.9 Å². The van der Waals surface area contributed by atoms with Crippen LogP contribution in [-0.2, 0) is 0 Å².